The molecular weight excluding hydrogens is 606 g/mol. The van der Waals surface area contributed by atoms with Gasteiger partial charge in [-0.1, -0.05) is 42.0 Å². The van der Waals surface area contributed by atoms with E-state index in [2.05, 4.69) is 37.9 Å². The first-order valence-electron chi connectivity index (χ1n) is 11.3. The number of hydrogen-bond acceptors (Lipinski definition) is 5. The molecule has 5 nitrogen and oxygen atoms in total. The van der Waals surface area contributed by atoms with Crippen molar-refractivity contribution in [2.24, 2.45) is 0 Å². The number of imide groups is 1. The van der Waals surface area contributed by atoms with Crippen LogP contribution in [0.15, 0.2) is 68.4 Å². The summed E-state index contributed by atoms with van der Waals surface area (Å²) in [5.74, 6) is 1.11. The third-order valence-corrected chi connectivity index (χ3v) is 7.66. The van der Waals surface area contributed by atoms with Crippen molar-refractivity contribution in [1.29, 1.82) is 0 Å². The quantitative estimate of drug-likeness (QED) is 0.237. The van der Waals surface area contributed by atoms with Crippen molar-refractivity contribution in [3.8, 4) is 11.5 Å². The van der Waals surface area contributed by atoms with Crippen LogP contribution in [0.3, 0.4) is 0 Å². The van der Waals surface area contributed by atoms with E-state index in [9.17, 15) is 9.59 Å². The molecule has 1 aliphatic heterocycles. The summed E-state index contributed by atoms with van der Waals surface area (Å²) in [5.41, 5.74) is 5.13. The summed E-state index contributed by atoms with van der Waals surface area (Å²) in [4.78, 5) is 27.0. The van der Waals surface area contributed by atoms with Crippen molar-refractivity contribution < 1.29 is 19.1 Å². The summed E-state index contributed by atoms with van der Waals surface area (Å²) in [6.07, 6.45) is 1.72. The lowest BCUT2D eigenvalue weighted by Gasteiger charge is -2.14. The van der Waals surface area contributed by atoms with Crippen LogP contribution in [-0.4, -0.2) is 29.2 Å². The molecule has 1 aliphatic rings. The highest BCUT2D eigenvalue weighted by molar-refractivity contribution is 9.11. The molecule has 0 N–H and O–H groups in total. The normalized spacial score (nSPS) is 14.6. The summed E-state index contributed by atoms with van der Waals surface area (Å²) >= 11 is 8.08. The molecule has 0 aromatic heterocycles. The fourth-order valence-corrected chi connectivity index (χ4v) is 6.03. The van der Waals surface area contributed by atoms with Gasteiger partial charge >= 0.3 is 0 Å². The Kier molecular flexibility index (Phi) is 8.59. The number of ether oxygens (including phenoxy) is 2. The van der Waals surface area contributed by atoms with Gasteiger partial charge in [0, 0.05) is 0 Å². The van der Waals surface area contributed by atoms with Gasteiger partial charge < -0.3 is 9.47 Å². The van der Waals surface area contributed by atoms with Crippen LogP contribution < -0.4 is 9.47 Å². The number of halogens is 2. The Labute approximate surface area is 232 Å². The Balaban J connectivity index is 1.41. The van der Waals surface area contributed by atoms with Crippen molar-refractivity contribution >= 4 is 60.8 Å². The number of nitrogens with zero attached hydrogens (tertiary/aromatic N) is 1. The standard InChI is InChI=1S/C28H25Br2NO4S/c1-17-5-4-6-20(11-17)16-35-26-22(29)13-21(14-23(26)30)15-25-27(32)31(28(33)36-25)9-10-34-24-12-18(2)7-8-19(24)3/h4-8,11-15H,9-10,16H2,1-3H3/b25-15-. The summed E-state index contributed by atoms with van der Waals surface area (Å²) in [6, 6.07) is 17.8. The maximum Gasteiger partial charge on any atom is 0.293 e. The van der Waals surface area contributed by atoms with Gasteiger partial charge in [-0.15, -0.1) is 0 Å². The maximum absolute atomic E-state index is 12.9. The number of rotatable bonds is 8. The van der Waals surface area contributed by atoms with E-state index in [-0.39, 0.29) is 24.3 Å². The fourth-order valence-electron chi connectivity index (χ4n) is 3.71. The molecule has 1 heterocycles. The molecule has 8 heteroatoms. The van der Waals surface area contributed by atoms with Gasteiger partial charge in [0.25, 0.3) is 11.1 Å². The molecule has 1 fully saturated rings. The Morgan fingerprint density at radius 3 is 2.36 bits per heavy atom. The van der Waals surface area contributed by atoms with Gasteiger partial charge in [0.1, 0.15) is 24.7 Å². The van der Waals surface area contributed by atoms with E-state index in [1.807, 2.05) is 69.3 Å². The molecule has 4 rings (SSSR count). The summed E-state index contributed by atoms with van der Waals surface area (Å²) in [5, 5.41) is -0.299. The molecule has 186 valence electrons. The third-order valence-electron chi connectivity index (χ3n) is 5.57. The number of carbonyl (C=O) groups excluding carboxylic acids is 2. The number of benzene rings is 3. The zero-order valence-electron chi connectivity index (χ0n) is 20.1. The molecule has 0 saturated carbocycles. The zero-order chi connectivity index (χ0) is 25.8. The first kappa shape index (κ1) is 26.5. The molecule has 0 radical (unpaired) electrons. The Bertz CT molecular complexity index is 1330. The number of aryl methyl sites for hydroxylation is 3. The summed E-state index contributed by atoms with van der Waals surface area (Å²) in [6.45, 7) is 6.86. The monoisotopic (exact) mass is 629 g/mol. The van der Waals surface area contributed by atoms with Gasteiger partial charge in [-0.3, -0.25) is 14.5 Å². The van der Waals surface area contributed by atoms with E-state index in [1.54, 1.807) is 6.08 Å². The minimum atomic E-state index is -0.318. The Morgan fingerprint density at radius 1 is 0.917 bits per heavy atom. The van der Waals surface area contributed by atoms with E-state index < -0.39 is 0 Å². The topological polar surface area (TPSA) is 55.8 Å². The van der Waals surface area contributed by atoms with Gasteiger partial charge in [0.05, 0.1) is 20.4 Å². The summed E-state index contributed by atoms with van der Waals surface area (Å²) < 4.78 is 13.4. The lowest BCUT2D eigenvalue weighted by molar-refractivity contribution is -0.123. The van der Waals surface area contributed by atoms with Crippen LogP contribution in [0.2, 0.25) is 0 Å². The highest BCUT2D eigenvalue weighted by Crippen LogP contribution is 2.38. The van der Waals surface area contributed by atoms with Crippen LogP contribution in [0.5, 0.6) is 11.5 Å². The highest BCUT2D eigenvalue weighted by atomic mass is 79.9. The van der Waals surface area contributed by atoms with Crippen molar-refractivity contribution in [3.63, 3.8) is 0 Å². The predicted octanol–water partition coefficient (Wildman–Crippen LogP) is 7.83. The van der Waals surface area contributed by atoms with Crippen molar-refractivity contribution in [2.45, 2.75) is 27.4 Å². The minimum Gasteiger partial charge on any atom is -0.491 e. The fraction of sp³-hybridized carbons (Fsp3) is 0.214. The molecule has 0 unspecified atom stereocenters. The smallest absolute Gasteiger partial charge is 0.293 e. The number of amides is 2. The SMILES string of the molecule is Cc1cccc(COc2c(Br)cc(/C=C3\SC(=O)N(CCOc4cc(C)ccc4C)C3=O)cc2Br)c1. The highest BCUT2D eigenvalue weighted by Gasteiger charge is 2.35. The molecule has 0 aliphatic carbocycles. The Hall–Kier alpha value is -2.55. The molecule has 0 spiro atoms. The lowest BCUT2D eigenvalue weighted by Crippen LogP contribution is -2.32. The van der Waals surface area contributed by atoms with Crippen LogP contribution in [0.4, 0.5) is 4.79 Å². The molecule has 2 amide bonds. The van der Waals surface area contributed by atoms with E-state index in [4.69, 9.17) is 9.47 Å². The second-order valence-electron chi connectivity index (χ2n) is 8.54. The number of thioether (sulfide) groups is 1. The van der Waals surface area contributed by atoms with Crippen LogP contribution in [-0.2, 0) is 11.4 Å². The van der Waals surface area contributed by atoms with E-state index in [0.29, 0.717) is 17.3 Å². The van der Waals surface area contributed by atoms with Crippen molar-refractivity contribution in [3.05, 3.63) is 96.3 Å². The number of hydrogen-bond donors (Lipinski definition) is 0. The van der Waals surface area contributed by atoms with Gasteiger partial charge in [0.15, 0.2) is 0 Å². The van der Waals surface area contributed by atoms with E-state index in [0.717, 1.165) is 48.7 Å². The molecule has 0 bridgehead atoms. The third kappa shape index (κ3) is 6.41. The molecule has 0 atom stereocenters. The molecular formula is C28H25Br2NO4S. The largest absolute Gasteiger partial charge is 0.491 e. The maximum atomic E-state index is 12.9. The van der Waals surface area contributed by atoms with Crippen molar-refractivity contribution in [1.82, 2.24) is 4.90 Å². The molecule has 3 aromatic carbocycles. The zero-order valence-corrected chi connectivity index (χ0v) is 24.1. The van der Waals surface area contributed by atoms with Gasteiger partial charge in [-0.05, 0) is 111 Å². The second kappa shape index (κ2) is 11.7. The molecule has 36 heavy (non-hydrogen) atoms. The van der Waals surface area contributed by atoms with E-state index >= 15 is 0 Å². The van der Waals surface area contributed by atoms with Gasteiger partial charge in [-0.2, -0.15) is 0 Å². The second-order valence-corrected chi connectivity index (χ2v) is 11.2. The summed E-state index contributed by atoms with van der Waals surface area (Å²) in [7, 11) is 0. The van der Waals surface area contributed by atoms with Gasteiger partial charge in [-0.25, -0.2) is 0 Å². The van der Waals surface area contributed by atoms with E-state index in [1.165, 1.54) is 10.5 Å². The first-order valence-corrected chi connectivity index (χ1v) is 13.7. The lowest BCUT2D eigenvalue weighted by atomic mass is 10.1. The average Bonchev–Trinajstić information content (AvgIpc) is 3.08. The van der Waals surface area contributed by atoms with Gasteiger partial charge in [0.2, 0.25) is 0 Å². The van der Waals surface area contributed by atoms with Crippen LogP contribution in [0, 0.1) is 20.8 Å². The number of carbonyl (C=O) groups is 2. The molecule has 3 aromatic rings. The Morgan fingerprint density at radius 2 is 1.64 bits per heavy atom. The first-order chi connectivity index (χ1) is 17.2. The van der Waals surface area contributed by atoms with Crippen LogP contribution in [0.1, 0.15) is 27.8 Å². The predicted molar refractivity (Wildman–Crippen MR) is 151 cm³/mol. The van der Waals surface area contributed by atoms with Crippen LogP contribution >= 0.6 is 43.6 Å². The van der Waals surface area contributed by atoms with Crippen molar-refractivity contribution in [2.75, 3.05) is 13.2 Å². The molecule has 1 saturated heterocycles. The van der Waals surface area contributed by atoms with Crippen LogP contribution in [0.25, 0.3) is 6.08 Å². The average molecular weight is 631 g/mol. The minimum absolute atomic E-state index is 0.189.